The number of H-pyrrole nitrogens is 1. The third kappa shape index (κ3) is 2.84. The highest BCUT2D eigenvalue weighted by molar-refractivity contribution is 5.60. The van der Waals surface area contributed by atoms with Crippen molar-refractivity contribution in [3.05, 3.63) is 34.4 Å². The lowest BCUT2D eigenvalue weighted by atomic mass is 10.1. The number of nitrogens with zero attached hydrogens (tertiary/aromatic N) is 4. The zero-order valence-corrected chi connectivity index (χ0v) is 11.4. The Labute approximate surface area is 121 Å². The third-order valence-corrected chi connectivity index (χ3v) is 3.54. The van der Waals surface area contributed by atoms with Crippen molar-refractivity contribution < 1.29 is 4.92 Å². The van der Waals surface area contributed by atoms with Gasteiger partial charge in [0.05, 0.1) is 4.92 Å². The van der Waals surface area contributed by atoms with Crippen LogP contribution < -0.4 is 10.6 Å². The van der Waals surface area contributed by atoms with Gasteiger partial charge in [0.1, 0.15) is 0 Å². The van der Waals surface area contributed by atoms with Gasteiger partial charge in [0.2, 0.25) is 5.95 Å². The number of aromatic amines is 1. The molecule has 8 heteroatoms. The number of rotatable bonds is 3. The molecule has 1 saturated heterocycles. The molecule has 0 amide bonds. The second-order valence-electron chi connectivity index (χ2n) is 5.14. The quantitative estimate of drug-likeness (QED) is 0.650. The van der Waals surface area contributed by atoms with E-state index in [-0.39, 0.29) is 11.7 Å². The number of nitro benzene ring substituents is 1. The highest BCUT2D eigenvalue weighted by Crippen LogP contribution is 2.23. The van der Waals surface area contributed by atoms with E-state index in [4.69, 9.17) is 5.73 Å². The highest BCUT2D eigenvalue weighted by Gasteiger charge is 2.20. The molecule has 110 valence electrons. The summed E-state index contributed by atoms with van der Waals surface area (Å²) in [5, 5.41) is 17.8. The molecule has 8 nitrogen and oxygen atoms in total. The monoisotopic (exact) mass is 288 g/mol. The fourth-order valence-electron chi connectivity index (χ4n) is 2.48. The van der Waals surface area contributed by atoms with Gasteiger partial charge in [0.15, 0.2) is 5.82 Å². The smallest absolute Gasteiger partial charge is 0.270 e. The first-order valence-electron chi connectivity index (χ1n) is 6.81. The number of hydrogen-bond acceptors (Lipinski definition) is 6. The molecule has 1 aliphatic rings. The molecule has 3 rings (SSSR count). The number of nitrogens with two attached hydrogens (primary N) is 1. The van der Waals surface area contributed by atoms with E-state index in [9.17, 15) is 10.1 Å². The van der Waals surface area contributed by atoms with Crippen molar-refractivity contribution in [2.24, 2.45) is 5.73 Å². The van der Waals surface area contributed by atoms with Crippen LogP contribution in [0.25, 0.3) is 11.4 Å². The highest BCUT2D eigenvalue weighted by atomic mass is 16.6. The molecule has 1 unspecified atom stereocenters. The molecule has 0 spiro atoms. The minimum Gasteiger partial charge on any atom is -0.338 e. The average molecular weight is 288 g/mol. The Morgan fingerprint density at radius 3 is 3.10 bits per heavy atom. The van der Waals surface area contributed by atoms with Crippen LogP contribution in [-0.2, 0) is 0 Å². The number of hydrogen-bond donors (Lipinski definition) is 2. The number of nitrogens with one attached hydrogen (secondary N) is 1. The van der Waals surface area contributed by atoms with Crippen molar-refractivity contribution in [2.75, 3.05) is 18.0 Å². The lowest BCUT2D eigenvalue weighted by Gasteiger charge is -2.29. The molecule has 1 aromatic heterocycles. The van der Waals surface area contributed by atoms with Gasteiger partial charge in [0, 0.05) is 36.8 Å². The summed E-state index contributed by atoms with van der Waals surface area (Å²) in [5.41, 5.74) is 6.63. The fourth-order valence-corrected chi connectivity index (χ4v) is 2.48. The summed E-state index contributed by atoms with van der Waals surface area (Å²) in [6.45, 7) is 1.60. The second-order valence-corrected chi connectivity index (χ2v) is 5.14. The molecule has 1 aliphatic heterocycles. The van der Waals surface area contributed by atoms with Gasteiger partial charge in [-0.2, -0.15) is 4.98 Å². The van der Waals surface area contributed by atoms with E-state index in [2.05, 4.69) is 15.2 Å². The molecular weight excluding hydrogens is 272 g/mol. The largest absolute Gasteiger partial charge is 0.338 e. The molecule has 0 saturated carbocycles. The molecule has 0 bridgehead atoms. The lowest BCUT2D eigenvalue weighted by Crippen LogP contribution is -2.43. The van der Waals surface area contributed by atoms with E-state index in [0.29, 0.717) is 17.3 Å². The van der Waals surface area contributed by atoms with Gasteiger partial charge in [0.25, 0.3) is 5.69 Å². The minimum atomic E-state index is -0.426. The Balaban J connectivity index is 1.84. The van der Waals surface area contributed by atoms with Crippen molar-refractivity contribution in [1.82, 2.24) is 15.2 Å². The molecule has 3 N–H and O–H groups in total. The number of non-ortho nitro benzene ring substituents is 1. The Kier molecular flexibility index (Phi) is 3.53. The Morgan fingerprint density at radius 1 is 1.48 bits per heavy atom. The maximum Gasteiger partial charge on any atom is 0.270 e. The standard InChI is InChI=1S/C13H16N6O2/c14-10-4-2-6-18(8-10)13-15-12(16-17-13)9-3-1-5-11(7-9)19(20)21/h1,3,5,7,10H,2,4,6,8,14H2,(H,15,16,17). The van der Waals surface area contributed by atoms with Crippen LogP contribution >= 0.6 is 0 Å². The van der Waals surface area contributed by atoms with Gasteiger partial charge >= 0.3 is 0 Å². The van der Waals surface area contributed by atoms with E-state index < -0.39 is 4.92 Å². The van der Waals surface area contributed by atoms with Crippen LogP contribution in [0.3, 0.4) is 0 Å². The van der Waals surface area contributed by atoms with E-state index in [1.54, 1.807) is 12.1 Å². The molecule has 1 atom stereocenters. The van der Waals surface area contributed by atoms with Crippen LogP contribution in [0.5, 0.6) is 0 Å². The van der Waals surface area contributed by atoms with Gasteiger partial charge in [-0.25, -0.2) is 0 Å². The van der Waals surface area contributed by atoms with Crippen molar-refractivity contribution in [1.29, 1.82) is 0 Å². The zero-order chi connectivity index (χ0) is 14.8. The van der Waals surface area contributed by atoms with Gasteiger partial charge in [-0.15, -0.1) is 5.10 Å². The summed E-state index contributed by atoms with van der Waals surface area (Å²) in [6, 6.07) is 6.46. The van der Waals surface area contributed by atoms with Crippen molar-refractivity contribution >= 4 is 11.6 Å². The molecule has 2 aromatic rings. The van der Waals surface area contributed by atoms with Crippen molar-refractivity contribution in [3.63, 3.8) is 0 Å². The number of piperidine rings is 1. The molecular formula is C13H16N6O2. The van der Waals surface area contributed by atoms with Crippen LogP contribution in [0.2, 0.25) is 0 Å². The summed E-state index contributed by atoms with van der Waals surface area (Å²) in [6.07, 6.45) is 2.03. The maximum atomic E-state index is 10.8. The van der Waals surface area contributed by atoms with Gasteiger partial charge in [-0.05, 0) is 12.8 Å². The normalized spacial score (nSPS) is 18.7. The van der Waals surface area contributed by atoms with E-state index in [0.717, 1.165) is 25.9 Å². The molecule has 1 aromatic carbocycles. The number of aromatic nitrogens is 3. The summed E-state index contributed by atoms with van der Waals surface area (Å²) < 4.78 is 0. The summed E-state index contributed by atoms with van der Waals surface area (Å²) >= 11 is 0. The molecule has 0 radical (unpaired) electrons. The predicted octanol–water partition coefficient (Wildman–Crippen LogP) is 1.31. The topological polar surface area (TPSA) is 114 Å². The zero-order valence-electron chi connectivity index (χ0n) is 11.4. The van der Waals surface area contributed by atoms with E-state index >= 15 is 0 Å². The maximum absolute atomic E-state index is 10.8. The third-order valence-electron chi connectivity index (χ3n) is 3.54. The Bertz CT molecular complexity index is 656. The summed E-state index contributed by atoms with van der Waals surface area (Å²) in [7, 11) is 0. The first kappa shape index (κ1) is 13.5. The molecule has 1 fully saturated rings. The van der Waals surface area contributed by atoms with E-state index in [1.807, 2.05) is 4.90 Å². The summed E-state index contributed by atoms with van der Waals surface area (Å²) in [4.78, 5) is 16.8. The number of nitro groups is 1. The Morgan fingerprint density at radius 2 is 2.33 bits per heavy atom. The van der Waals surface area contributed by atoms with Crippen molar-refractivity contribution in [3.8, 4) is 11.4 Å². The van der Waals surface area contributed by atoms with Crippen LogP contribution in [0.1, 0.15) is 12.8 Å². The van der Waals surface area contributed by atoms with Gasteiger partial charge in [-0.3, -0.25) is 15.2 Å². The first-order valence-corrected chi connectivity index (χ1v) is 6.81. The van der Waals surface area contributed by atoms with Gasteiger partial charge in [-0.1, -0.05) is 12.1 Å². The number of benzene rings is 1. The van der Waals surface area contributed by atoms with Crippen LogP contribution in [0.15, 0.2) is 24.3 Å². The van der Waals surface area contributed by atoms with E-state index in [1.165, 1.54) is 12.1 Å². The minimum absolute atomic E-state index is 0.0328. The molecule has 2 heterocycles. The molecule has 21 heavy (non-hydrogen) atoms. The molecule has 0 aliphatic carbocycles. The number of anilines is 1. The van der Waals surface area contributed by atoms with Gasteiger partial charge < -0.3 is 10.6 Å². The lowest BCUT2D eigenvalue weighted by molar-refractivity contribution is -0.384. The van der Waals surface area contributed by atoms with Crippen LogP contribution in [-0.4, -0.2) is 39.2 Å². The predicted molar refractivity (Wildman–Crippen MR) is 77.9 cm³/mol. The fraction of sp³-hybridized carbons (Fsp3) is 0.385. The Hall–Kier alpha value is -2.48. The van der Waals surface area contributed by atoms with Crippen LogP contribution in [0.4, 0.5) is 11.6 Å². The first-order chi connectivity index (χ1) is 10.1. The van der Waals surface area contributed by atoms with Crippen LogP contribution in [0, 0.1) is 10.1 Å². The average Bonchev–Trinajstić information content (AvgIpc) is 2.97. The summed E-state index contributed by atoms with van der Waals surface area (Å²) in [5.74, 6) is 1.11. The van der Waals surface area contributed by atoms with Crippen molar-refractivity contribution in [2.45, 2.75) is 18.9 Å². The second kappa shape index (κ2) is 5.49. The SMILES string of the molecule is NC1CCCN(c2n[nH]c(-c3cccc([N+](=O)[O-])c3)n2)C1.